The van der Waals surface area contributed by atoms with E-state index < -0.39 is 19.5 Å². The zero-order chi connectivity index (χ0) is 36.1. The van der Waals surface area contributed by atoms with Crippen molar-refractivity contribution >= 4 is 33.0 Å². The van der Waals surface area contributed by atoms with Crippen molar-refractivity contribution in [2.45, 2.75) is 27.6 Å². The van der Waals surface area contributed by atoms with Crippen LogP contribution in [0.15, 0.2) is 114 Å². The molecule has 0 bridgehead atoms. The Labute approximate surface area is 289 Å². The van der Waals surface area contributed by atoms with Crippen LogP contribution in [-0.4, -0.2) is 14.5 Å². The van der Waals surface area contributed by atoms with Crippen LogP contribution in [0.3, 0.4) is 0 Å². The van der Waals surface area contributed by atoms with Crippen molar-refractivity contribution in [2.75, 3.05) is 0 Å². The molecule has 8 rings (SSSR count). The number of furan rings is 1. The summed E-state index contributed by atoms with van der Waals surface area (Å²) in [6.45, 7) is -0.945. The van der Waals surface area contributed by atoms with Gasteiger partial charge in [0.15, 0.2) is 0 Å². The summed E-state index contributed by atoms with van der Waals surface area (Å²) in [6, 6.07) is 37.8. The Hall–Kier alpha value is -4.90. The SMILES string of the molecule is Cc1cccc(C)c1-n1c(-c2[c-]cccc2)nc2ccccc21.[2H]C([2H])([2H])c1cnc(-c2[c-]ccc3c2oc2cc(F)ccc23)cc1C([2H])([2H])[2H].[Ir]. The van der Waals surface area contributed by atoms with E-state index in [2.05, 4.69) is 78.0 Å². The second kappa shape index (κ2) is 12.8. The van der Waals surface area contributed by atoms with Gasteiger partial charge in [0.05, 0.1) is 22.4 Å². The summed E-state index contributed by atoms with van der Waals surface area (Å²) in [5, 5.41) is 1.39. The van der Waals surface area contributed by atoms with Crippen molar-refractivity contribution in [3.63, 3.8) is 0 Å². The van der Waals surface area contributed by atoms with Gasteiger partial charge in [-0.1, -0.05) is 52.9 Å². The minimum atomic E-state index is -2.63. The number of hydrogen-bond donors (Lipinski definition) is 0. The number of aryl methyl sites for hydroxylation is 4. The number of nitrogens with zero attached hydrogens (tertiary/aromatic N) is 3. The molecule has 0 atom stereocenters. The molecule has 0 unspecified atom stereocenters. The van der Waals surface area contributed by atoms with Gasteiger partial charge < -0.3 is 14.0 Å². The molecule has 0 saturated heterocycles. The molecule has 229 valence electrons. The van der Waals surface area contributed by atoms with E-state index in [1.807, 2.05) is 24.3 Å². The summed E-state index contributed by atoms with van der Waals surface area (Å²) < 4.78 is 67.4. The molecule has 4 nitrogen and oxygen atoms in total. The molecule has 8 aromatic rings. The van der Waals surface area contributed by atoms with Gasteiger partial charge in [0.25, 0.3) is 0 Å². The number of aromatic nitrogens is 3. The molecule has 0 N–H and O–H groups in total. The van der Waals surface area contributed by atoms with Crippen LogP contribution in [0.4, 0.5) is 4.39 Å². The fourth-order valence-corrected chi connectivity index (χ4v) is 5.62. The second-order valence-corrected chi connectivity index (χ2v) is 10.7. The summed E-state index contributed by atoms with van der Waals surface area (Å²) in [7, 11) is 0. The minimum absolute atomic E-state index is 0. The van der Waals surface area contributed by atoms with Gasteiger partial charge in [-0.15, -0.1) is 54.1 Å². The Morgan fingerprint density at radius 3 is 2.37 bits per heavy atom. The summed E-state index contributed by atoms with van der Waals surface area (Å²) in [5.41, 5.74) is 7.48. The molecule has 3 aromatic heterocycles. The molecule has 3 heterocycles. The van der Waals surface area contributed by atoms with Gasteiger partial charge >= 0.3 is 0 Å². The number of imidazole rings is 1. The molecule has 0 aliphatic rings. The van der Waals surface area contributed by atoms with Gasteiger partial charge in [0.1, 0.15) is 11.4 Å². The standard InChI is InChI=1S/C21H17N2.C19H13FNO.Ir/c1-15-9-8-10-16(2)20(15)23-19-14-7-6-13-18(19)22-21(23)17-11-4-3-5-12-17;1-11-8-17(21-10-12(11)2)16-5-3-4-15-14-7-6-13(20)9-18(14)22-19(15)16;/h3-11,13-14H,1-2H3;3-4,6-10H,1-2H3;/q2*-1;/i;1D3,2D3;. The van der Waals surface area contributed by atoms with Crippen molar-refractivity contribution in [3.05, 3.63) is 150 Å². The number of halogens is 1. The minimum Gasteiger partial charge on any atom is -0.500 e. The Morgan fingerprint density at radius 1 is 0.783 bits per heavy atom. The molecular formula is C40H30FIrN3O-2. The fraction of sp³-hybridized carbons (Fsp3) is 0.100. The Balaban J connectivity index is 0.000000178. The van der Waals surface area contributed by atoms with Crippen LogP contribution < -0.4 is 0 Å². The zero-order valence-corrected chi connectivity index (χ0v) is 27.2. The molecule has 1 radical (unpaired) electrons. The quantitative estimate of drug-likeness (QED) is 0.168. The zero-order valence-electron chi connectivity index (χ0n) is 30.9. The van der Waals surface area contributed by atoms with Gasteiger partial charge in [-0.2, -0.15) is 0 Å². The van der Waals surface area contributed by atoms with Crippen LogP contribution in [0.2, 0.25) is 0 Å². The van der Waals surface area contributed by atoms with Gasteiger partial charge in [-0.05, 0) is 74.2 Å². The predicted molar refractivity (Wildman–Crippen MR) is 180 cm³/mol. The predicted octanol–water partition coefficient (Wildman–Crippen LogP) is 10.3. The molecule has 0 aliphatic heterocycles. The molecule has 46 heavy (non-hydrogen) atoms. The first-order chi connectivity index (χ1) is 24.3. The van der Waals surface area contributed by atoms with Gasteiger partial charge in [-0.3, -0.25) is 4.98 Å². The monoisotopic (exact) mass is 786 g/mol. The molecule has 0 spiro atoms. The van der Waals surface area contributed by atoms with E-state index in [4.69, 9.17) is 17.6 Å². The smallest absolute Gasteiger partial charge is 0.126 e. The van der Waals surface area contributed by atoms with Gasteiger partial charge in [0.2, 0.25) is 0 Å². The molecular weight excluding hydrogens is 750 g/mol. The summed E-state index contributed by atoms with van der Waals surface area (Å²) in [4.78, 5) is 9.03. The second-order valence-electron chi connectivity index (χ2n) is 10.7. The molecule has 0 fully saturated rings. The number of fused-ring (bicyclic) bond motifs is 4. The van der Waals surface area contributed by atoms with Crippen LogP contribution in [0.1, 0.15) is 30.5 Å². The third-order valence-corrected chi connectivity index (χ3v) is 7.73. The number of para-hydroxylation sites is 3. The third-order valence-electron chi connectivity index (χ3n) is 7.73. The van der Waals surface area contributed by atoms with Gasteiger partial charge in [0, 0.05) is 51.7 Å². The molecule has 0 aliphatic carbocycles. The summed E-state index contributed by atoms with van der Waals surface area (Å²) in [5.74, 6) is 0.492. The van der Waals surface area contributed by atoms with E-state index >= 15 is 0 Å². The number of hydrogen-bond acceptors (Lipinski definition) is 3. The first kappa shape index (κ1) is 24.3. The van der Waals surface area contributed by atoms with E-state index in [0.29, 0.717) is 27.5 Å². The number of pyridine rings is 1. The van der Waals surface area contributed by atoms with E-state index in [-0.39, 0.29) is 36.9 Å². The van der Waals surface area contributed by atoms with E-state index in [0.717, 1.165) is 28.6 Å². The first-order valence-corrected chi connectivity index (χ1v) is 14.4. The van der Waals surface area contributed by atoms with Crippen LogP contribution >= 0.6 is 0 Å². The number of benzene rings is 5. The van der Waals surface area contributed by atoms with E-state index in [1.54, 1.807) is 18.2 Å². The maximum Gasteiger partial charge on any atom is 0.126 e. The Kier molecular flexibility index (Phi) is 6.80. The van der Waals surface area contributed by atoms with Gasteiger partial charge in [-0.25, -0.2) is 4.39 Å². The van der Waals surface area contributed by atoms with Crippen LogP contribution in [0.5, 0.6) is 0 Å². The molecule has 6 heteroatoms. The topological polar surface area (TPSA) is 43.9 Å². The molecule has 5 aromatic carbocycles. The normalized spacial score (nSPS) is 13.5. The van der Waals surface area contributed by atoms with Crippen molar-refractivity contribution in [3.8, 4) is 28.3 Å². The summed E-state index contributed by atoms with van der Waals surface area (Å²) >= 11 is 0. The van der Waals surface area contributed by atoms with E-state index in [9.17, 15) is 4.39 Å². The van der Waals surface area contributed by atoms with Crippen molar-refractivity contribution in [1.82, 2.24) is 14.5 Å². The maximum atomic E-state index is 13.5. The van der Waals surface area contributed by atoms with Crippen molar-refractivity contribution in [1.29, 1.82) is 0 Å². The maximum absolute atomic E-state index is 13.5. The molecule has 0 saturated carbocycles. The summed E-state index contributed by atoms with van der Waals surface area (Å²) in [6.07, 6.45) is 1.05. The largest absolute Gasteiger partial charge is 0.500 e. The van der Waals surface area contributed by atoms with Crippen molar-refractivity contribution < 1.29 is 37.1 Å². The van der Waals surface area contributed by atoms with Crippen molar-refractivity contribution in [2.24, 2.45) is 0 Å². The van der Waals surface area contributed by atoms with E-state index in [1.165, 1.54) is 35.0 Å². The van der Waals surface area contributed by atoms with Crippen LogP contribution in [0.25, 0.3) is 61.3 Å². The van der Waals surface area contributed by atoms with Crippen LogP contribution in [0, 0.1) is 45.5 Å². The Morgan fingerprint density at radius 2 is 1.59 bits per heavy atom. The average molecular weight is 786 g/mol. The third kappa shape index (κ3) is 5.66. The Bertz CT molecular complexity index is 2540. The number of rotatable bonds is 3. The average Bonchev–Trinajstić information content (AvgIpc) is 3.66. The van der Waals surface area contributed by atoms with Crippen LogP contribution in [-0.2, 0) is 20.1 Å². The fourth-order valence-electron chi connectivity index (χ4n) is 5.62. The molecule has 0 amide bonds. The first-order valence-electron chi connectivity index (χ1n) is 17.4.